The lowest BCUT2D eigenvalue weighted by molar-refractivity contribution is -0.122. The molecule has 1 amide bonds. The maximum atomic E-state index is 11.9. The summed E-state index contributed by atoms with van der Waals surface area (Å²) in [5.74, 6) is 0.199. The number of nitrogens with two attached hydrogens (primary N) is 1. The van der Waals surface area contributed by atoms with E-state index in [1.165, 1.54) is 0 Å². The predicted octanol–water partition coefficient (Wildman–Crippen LogP) is 1.27. The first kappa shape index (κ1) is 14.8. The predicted molar refractivity (Wildman–Crippen MR) is 78.8 cm³/mol. The van der Waals surface area contributed by atoms with Crippen LogP contribution < -0.4 is 11.1 Å². The molecule has 110 valence electrons. The Morgan fingerprint density at radius 3 is 2.60 bits per heavy atom. The van der Waals surface area contributed by atoms with Crippen molar-refractivity contribution in [1.29, 1.82) is 0 Å². The molecule has 0 aromatic heterocycles. The third kappa shape index (κ3) is 3.96. The number of nitrogen functional groups attached to an aromatic ring is 1. The van der Waals surface area contributed by atoms with Crippen molar-refractivity contribution < 1.29 is 13.2 Å². The second-order valence-electron chi connectivity index (χ2n) is 5.43. The van der Waals surface area contributed by atoms with E-state index < -0.39 is 9.84 Å². The third-order valence-corrected chi connectivity index (χ3v) is 5.45. The Morgan fingerprint density at radius 2 is 2.05 bits per heavy atom. The van der Waals surface area contributed by atoms with Gasteiger partial charge in [-0.25, -0.2) is 8.42 Å². The highest BCUT2D eigenvalue weighted by Crippen LogP contribution is 2.22. The van der Waals surface area contributed by atoms with Gasteiger partial charge in [-0.3, -0.25) is 4.79 Å². The molecule has 6 heteroatoms. The van der Waals surface area contributed by atoms with Crippen molar-refractivity contribution in [1.82, 2.24) is 5.32 Å². The zero-order chi connectivity index (χ0) is 14.8. The summed E-state index contributed by atoms with van der Waals surface area (Å²) in [6.45, 7) is 1.90. The van der Waals surface area contributed by atoms with Gasteiger partial charge in [-0.05, 0) is 37.0 Å². The molecule has 1 aliphatic heterocycles. The van der Waals surface area contributed by atoms with Crippen molar-refractivity contribution in [2.24, 2.45) is 5.92 Å². The van der Waals surface area contributed by atoms with Gasteiger partial charge in [0.2, 0.25) is 5.91 Å². The highest BCUT2D eigenvalue weighted by Gasteiger charge is 2.29. The summed E-state index contributed by atoms with van der Waals surface area (Å²) in [7, 11) is -2.92. The topological polar surface area (TPSA) is 89.3 Å². The number of sulfone groups is 1. The minimum Gasteiger partial charge on any atom is -0.399 e. The fraction of sp³-hybridized carbons (Fsp3) is 0.500. The first-order valence-corrected chi connectivity index (χ1v) is 8.53. The van der Waals surface area contributed by atoms with Gasteiger partial charge in [0, 0.05) is 12.1 Å². The fourth-order valence-corrected chi connectivity index (χ4v) is 4.33. The molecular weight excluding hydrogens is 276 g/mol. The summed E-state index contributed by atoms with van der Waals surface area (Å²) in [6.07, 6.45) is 0.866. The van der Waals surface area contributed by atoms with E-state index in [9.17, 15) is 13.2 Å². The first-order valence-electron chi connectivity index (χ1n) is 6.71. The summed E-state index contributed by atoms with van der Waals surface area (Å²) in [5.41, 5.74) is 7.28. The molecular formula is C14H20N2O3S. The summed E-state index contributed by atoms with van der Waals surface area (Å²) < 4.78 is 22.7. The number of hydrogen-bond acceptors (Lipinski definition) is 4. The molecule has 1 aromatic rings. The number of benzene rings is 1. The van der Waals surface area contributed by atoms with Crippen LogP contribution in [0.15, 0.2) is 24.3 Å². The van der Waals surface area contributed by atoms with Crippen LogP contribution in [0.3, 0.4) is 0 Å². The van der Waals surface area contributed by atoms with Crippen LogP contribution in [-0.4, -0.2) is 25.8 Å². The Labute approximate surface area is 119 Å². The quantitative estimate of drug-likeness (QED) is 0.819. The molecule has 5 nitrogen and oxygen atoms in total. The SMILES string of the molecule is CC(NC(=O)CC1CCS(=O)(=O)C1)c1ccc(N)cc1. The average Bonchev–Trinajstić information content (AvgIpc) is 2.69. The first-order chi connectivity index (χ1) is 9.35. The Hall–Kier alpha value is -1.56. The van der Waals surface area contributed by atoms with E-state index >= 15 is 0 Å². The molecule has 1 aliphatic rings. The number of anilines is 1. The Bertz CT molecular complexity index is 581. The van der Waals surface area contributed by atoms with Gasteiger partial charge >= 0.3 is 0 Å². The molecule has 0 bridgehead atoms. The second kappa shape index (κ2) is 5.83. The zero-order valence-corrected chi connectivity index (χ0v) is 12.3. The van der Waals surface area contributed by atoms with Gasteiger partial charge in [0.1, 0.15) is 0 Å². The third-order valence-electron chi connectivity index (χ3n) is 3.61. The molecule has 1 saturated heterocycles. The largest absolute Gasteiger partial charge is 0.399 e. The molecule has 0 spiro atoms. The maximum Gasteiger partial charge on any atom is 0.220 e. The van der Waals surface area contributed by atoms with Crippen molar-refractivity contribution in [3.63, 3.8) is 0 Å². The zero-order valence-electron chi connectivity index (χ0n) is 11.5. The summed E-state index contributed by atoms with van der Waals surface area (Å²) in [5, 5.41) is 2.90. The van der Waals surface area contributed by atoms with E-state index in [0.29, 0.717) is 12.1 Å². The molecule has 2 rings (SSSR count). The molecule has 1 aromatic carbocycles. The lowest BCUT2D eigenvalue weighted by atomic mass is 10.0. The number of amides is 1. The molecule has 20 heavy (non-hydrogen) atoms. The second-order valence-corrected chi connectivity index (χ2v) is 7.66. The number of carbonyl (C=O) groups is 1. The summed E-state index contributed by atoms with van der Waals surface area (Å²) >= 11 is 0. The number of nitrogens with one attached hydrogen (secondary N) is 1. The van der Waals surface area contributed by atoms with Crippen LogP contribution in [0.2, 0.25) is 0 Å². The molecule has 1 heterocycles. The van der Waals surface area contributed by atoms with Crippen LogP contribution in [0, 0.1) is 5.92 Å². The van der Waals surface area contributed by atoms with E-state index in [1.54, 1.807) is 12.1 Å². The van der Waals surface area contributed by atoms with Crippen molar-refractivity contribution in [3.8, 4) is 0 Å². The van der Waals surface area contributed by atoms with E-state index in [-0.39, 0.29) is 35.8 Å². The Balaban J connectivity index is 1.87. The van der Waals surface area contributed by atoms with Gasteiger partial charge in [-0.15, -0.1) is 0 Å². The van der Waals surface area contributed by atoms with Gasteiger partial charge in [0.15, 0.2) is 9.84 Å². The fourth-order valence-electron chi connectivity index (χ4n) is 2.46. The van der Waals surface area contributed by atoms with Crippen molar-refractivity contribution in [2.75, 3.05) is 17.2 Å². The normalized spacial score (nSPS) is 22.4. The van der Waals surface area contributed by atoms with Crippen LogP contribution >= 0.6 is 0 Å². The van der Waals surface area contributed by atoms with Crippen LogP contribution in [0.4, 0.5) is 5.69 Å². The van der Waals surface area contributed by atoms with Gasteiger partial charge in [0.25, 0.3) is 0 Å². The smallest absolute Gasteiger partial charge is 0.220 e. The maximum absolute atomic E-state index is 11.9. The molecule has 0 aliphatic carbocycles. The van der Waals surface area contributed by atoms with Crippen molar-refractivity contribution >= 4 is 21.4 Å². The lowest BCUT2D eigenvalue weighted by Gasteiger charge is -2.16. The number of carbonyl (C=O) groups excluding carboxylic acids is 1. The Morgan fingerprint density at radius 1 is 1.40 bits per heavy atom. The minimum absolute atomic E-state index is 0.0429. The van der Waals surface area contributed by atoms with Crippen LogP contribution in [0.1, 0.15) is 31.4 Å². The average molecular weight is 296 g/mol. The molecule has 2 atom stereocenters. The van der Waals surface area contributed by atoms with Crippen molar-refractivity contribution in [3.05, 3.63) is 29.8 Å². The number of rotatable bonds is 4. The van der Waals surface area contributed by atoms with E-state index in [1.807, 2.05) is 19.1 Å². The molecule has 0 saturated carbocycles. The minimum atomic E-state index is -2.92. The Kier molecular flexibility index (Phi) is 4.32. The monoisotopic (exact) mass is 296 g/mol. The lowest BCUT2D eigenvalue weighted by Crippen LogP contribution is -2.28. The van der Waals surface area contributed by atoms with Gasteiger partial charge in [-0.2, -0.15) is 0 Å². The molecule has 0 radical (unpaired) electrons. The summed E-state index contributed by atoms with van der Waals surface area (Å²) in [4.78, 5) is 11.9. The van der Waals surface area contributed by atoms with Gasteiger partial charge < -0.3 is 11.1 Å². The van der Waals surface area contributed by atoms with Crippen LogP contribution in [-0.2, 0) is 14.6 Å². The van der Waals surface area contributed by atoms with Gasteiger partial charge in [-0.1, -0.05) is 12.1 Å². The molecule has 3 N–H and O–H groups in total. The molecule has 2 unspecified atom stereocenters. The van der Waals surface area contributed by atoms with Crippen LogP contribution in [0.25, 0.3) is 0 Å². The summed E-state index contributed by atoms with van der Waals surface area (Å²) in [6, 6.07) is 7.23. The van der Waals surface area contributed by atoms with E-state index in [4.69, 9.17) is 5.73 Å². The highest BCUT2D eigenvalue weighted by molar-refractivity contribution is 7.91. The van der Waals surface area contributed by atoms with E-state index in [2.05, 4.69) is 5.32 Å². The van der Waals surface area contributed by atoms with Gasteiger partial charge in [0.05, 0.1) is 17.5 Å². The van der Waals surface area contributed by atoms with E-state index in [0.717, 1.165) is 5.56 Å². The van der Waals surface area contributed by atoms with Crippen molar-refractivity contribution in [2.45, 2.75) is 25.8 Å². The standard InChI is InChI=1S/C14H20N2O3S/c1-10(12-2-4-13(15)5-3-12)16-14(17)8-11-6-7-20(18,19)9-11/h2-5,10-11H,6-9,15H2,1H3,(H,16,17). The van der Waals surface area contributed by atoms with Crippen LogP contribution in [0.5, 0.6) is 0 Å². The highest BCUT2D eigenvalue weighted by atomic mass is 32.2. The molecule has 1 fully saturated rings. The number of hydrogen-bond donors (Lipinski definition) is 2.